The van der Waals surface area contributed by atoms with E-state index in [-0.39, 0.29) is 23.6 Å². The van der Waals surface area contributed by atoms with Gasteiger partial charge in [0.05, 0.1) is 11.5 Å². The number of sulfone groups is 1. The summed E-state index contributed by atoms with van der Waals surface area (Å²) in [6, 6.07) is -0.356. The summed E-state index contributed by atoms with van der Waals surface area (Å²) in [5, 5.41) is 0. The molecule has 3 atom stereocenters. The van der Waals surface area contributed by atoms with E-state index in [1.807, 2.05) is 0 Å². The van der Waals surface area contributed by atoms with E-state index in [1.165, 1.54) is 0 Å². The maximum absolute atomic E-state index is 13.1. The molecule has 3 fully saturated rings. The first kappa shape index (κ1) is 16.7. The molecule has 0 aromatic heterocycles. The lowest BCUT2D eigenvalue weighted by molar-refractivity contribution is 0.200. The molecule has 1 aliphatic carbocycles. The summed E-state index contributed by atoms with van der Waals surface area (Å²) < 4.78 is 52.9. The molecule has 6 nitrogen and oxygen atoms in total. The second-order valence-electron chi connectivity index (χ2n) is 7.39. The lowest BCUT2D eigenvalue weighted by atomic mass is 9.94. The highest BCUT2D eigenvalue weighted by Crippen LogP contribution is 2.37. The predicted octanol–water partition coefficient (Wildman–Crippen LogP) is 0.861. The minimum absolute atomic E-state index is 0.0100. The molecule has 3 rings (SSSR count). The molecule has 22 heavy (non-hydrogen) atoms. The van der Waals surface area contributed by atoms with Crippen molar-refractivity contribution in [3.63, 3.8) is 0 Å². The minimum atomic E-state index is -3.56. The molecule has 0 N–H and O–H groups in total. The lowest BCUT2D eigenvalue weighted by Crippen LogP contribution is -2.53. The van der Waals surface area contributed by atoms with Crippen molar-refractivity contribution in [3.8, 4) is 0 Å². The average molecular weight is 351 g/mol. The lowest BCUT2D eigenvalue weighted by Gasteiger charge is -2.39. The Bertz CT molecular complexity index is 617. The quantitative estimate of drug-likeness (QED) is 0.754. The first-order chi connectivity index (χ1) is 10.2. The Hall–Kier alpha value is -0.180. The topological polar surface area (TPSA) is 74.8 Å². The van der Waals surface area contributed by atoms with Crippen LogP contribution in [0.15, 0.2) is 0 Å². The van der Waals surface area contributed by atoms with E-state index in [4.69, 9.17) is 0 Å². The Balaban J connectivity index is 1.84. The molecule has 2 aliphatic heterocycles. The fourth-order valence-corrected chi connectivity index (χ4v) is 8.01. The zero-order chi connectivity index (χ0) is 16.1. The molecular weight excluding hydrogens is 324 g/mol. The highest BCUT2D eigenvalue weighted by Gasteiger charge is 2.48. The Morgan fingerprint density at radius 2 is 1.59 bits per heavy atom. The molecule has 3 aliphatic rings. The molecule has 0 amide bonds. The monoisotopic (exact) mass is 350 g/mol. The summed E-state index contributed by atoms with van der Waals surface area (Å²) in [5.41, 5.74) is 0. The largest absolute Gasteiger partial charge is 0.282 e. The van der Waals surface area contributed by atoms with E-state index in [0.29, 0.717) is 31.3 Å². The van der Waals surface area contributed by atoms with Crippen LogP contribution in [0, 0.1) is 11.8 Å². The highest BCUT2D eigenvalue weighted by atomic mass is 32.2. The average Bonchev–Trinajstić information content (AvgIpc) is 3.12. The number of piperidine rings is 1. The van der Waals surface area contributed by atoms with E-state index in [0.717, 1.165) is 19.3 Å². The van der Waals surface area contributed by atoms with Crippen molar-refractivity contribution in [2.24, 2.45) is 11.8 Å². The zero-order valence-electron chi connectivity index (χ0n) is 13.3. The van der Waals surface area contributed by atoms with Crippen molar-refractivity contribution in [2.75, 3.05) is 24.6 Å². The van der Waals surface area contributed by atoms with Crippen LogP contribution in [0.3, 0.4) is 0 Å². The number of hydrogen-bond donors (Lipinski definition) is 0. The summed E-state index contributed by atoms with van der Waals surface area (Å²) >= 11 is 0. The van der Waals surface area contributed by atoms with Gasteiger partial charge in [0, 0.05) is 25.2 Å². The van der Waals surface area contributed by atoms with Gasteiger partial charge in [-0.05, 0) is 37.5 Å². The summed E-state index contributed by atoms with van der Waals surface area (Å²) in [6.45, 7) is 5.27. The first-order valence-electron chi connectivity index (χ1n) is 8.18. The van der Waals surface area contributed by atoms with Crippen molar-refractivity contribution >= 4 is 20.0 Å². The summed E-state index contributed by atoms with van der Waals surface area (Å²) in [4.78, 5) is 0. The predicted molar refractivity (Wildman–Crippen MR) is 85.4 cm³/mol. The van der Waals surface area contributed by atoms with E-state index in [1.54, 1.807) is 8.61 Å². The van der Waals surface area contributed by atoms with Gasteiger partial charge in [0.15, 0.2) is 9.84 Å². The molecule has 8 heteroatoms. The molecular formula is C14H26N2O4S2. The van der Waals surface area contributed by atoms with Crippen LogP contribution in [0.2, 0.25) is 0 Å². The maximum atomic E-state index is 13.1. The van der Waals surface area contributed by atoms with Crippen molar-refractivity contribution in [1.82, 2.24) is 8.61 Å². The standard InChI is InChI=1S/C14H26N2O4S2/c1-11-7-12(2)9-15(8-11)22(19,20)16(13-3-4-13)14-5-6-21(17,18)10-14/h11-14H,3-10H2,1-2H3. The third-order valence-corrected chi connectivity index (χ3v) is 8.73. The number of nitrogens with zero attached hydrogens (tertiary/aromatic N) is 2. The molecule has 1 saturated carbocycles. The highest BCUT2D eigenvalue weighted by molar-refractivity contribution is 7.91. The van der Waals surface area contributed by atoms with Gasteiger partial charge in [0.2, 0.25) is 0 Å². The van der Waals surface area contributed by atoms with Crippen LogP contribution in [0.4, 0.5) is 0 Å². The Kier molecular flexibility index (Phi) is 4.33. The van der Waals surface area contributed by atoms with Crippen LogP contribution in [-0.4, -0.2) is 62.1 Å². The van der Waals surface area contributed by atoms with E-state index >= 15 is 0 Å². The van der Waals surface area contributed by atoms with Gasteiger partial charge in [0.25, 0.3) is 10.2 Å². The van der Waals surface area contributed by atoms with Gasteiger partial charge in [-0.15, -0.1) is 0 Å². The van der Waals surface area contributed by atoms with E-state index < -0.39 is 20.0 Å². The van der Waals surface area contributed by atoms with E-state index in [9.17, 15) is 16.8 Å². The number of hydrogen-bond acceptors (Lipinski definition) is 4. The molecule has 0 aromatic carbocycles. The summed E-state index contributed by atoms with van der Waals surface area (Å²) in [6.07, 6.45) is 3.20. The summed E-state index contributed by atoms with van der Waals surface area (Å²) in [5.74, 6) is 0.809. The fourth-order valence-electron chi connectivity index (χ4n) is 3.91. The van der Waals surface area contributed by atoms with Crippen LogP contribution in [0.5, 0.6) is 0 Å². The molecule has 0 bridgehead atoms. The normalized spacial score (nSPS) is 36.8. The van der Waals surface area contributed by atoms with Crippen molar-refractivity contribution in [3.05, 3.63) is 0 Å². The molecule has 3 unspecified atom stereocenters. The van der Waals surface area contributed by atoms with Gasteiger partial charge in [0.1, 0.15) is 0 Å². The molecule has 0 spiro atoms. The third kappa shape index (κ3) is 3.34. The summed E-state index contributed by atoms with van der Waals surface area (Å²) in [7, 11) is -6.64. The second-order valence-corrected chi connectivity index (χ2v) is 11.5. The van der Waals surface area contributed by atoms with Crippen molar-refractivity contribution in [2.45, 2.75) is 51.6 Å². The van der Waals surface area contributed by atoms with Crippen LogP contribution >= 0.6 is 0 Å². The maximum Gasteiger partial charge on any atom is 0.282 e. The van der Waals surface area contributed by atoms with Crippen molar-refractivity contribution < 1.29 is 16.8 Å². The second kappa shape index (κ2) is 5.72. The van der Waals surface area contributed by atoms with Gasteiger partial charge < -0.3 is 0 Å². The van der Waals surface area contributed by atoms with Gasteiger partial charge in [-0.2, -0.15) is 17.0 Å². The van der Waals surface area contributed by atoms with Crippen LogP contribution in [0.25, 0.3) is 0 Å². The van der Waals surface area contributed by atoms with E-state index in [2.05, 4.69) is 13.8 Å². The molecule has 2 heterocycles. The van der Waals surface area contributed by atoms with Crippen LogP contribution < -0.4 is 0 Å². The third-order valence-electron chi connectivity index (χ3n) is 4.90. The SMILES string of the molecule is CC1CC(C)CN(S(=O)(=O)N(C2CC2)C2CCS(=O)(=O)C2)C1. The van der Waals surface area contributed by atoms with Gasteiger partial charge in [-0.25, -0.2) is 8.42 Å². The van der Waals surface area contributed by atoms with Crippen molar-refractivity contribution in [1.29, 1.82) is 0 Å². The molecule has 0 aromatic rings. The molecule has 0 radical (unpaired) electrons. The van der Waals surface area contributed by atoms with Gasteiger partial charge in [-0.3, -0.25) is 0 Å². The first-order valence-corrected chi connectivity index (χ1v) is 11.4. The van der Waals surface area contributed by atoms with Gasteiger partial charge >= 0.3 is 0 Å². The Labute approximate surface area is 134 Å². The minimum Gasteiger partial charge on any atom is -0.229 e. The Morgan fingerprint density at radius 1 is 1.00 bits per heavy atom. The fraction of sp³-hybridized carbons (Fsp3) is 1.00. The smallest absolute Gasteiger partial charge is 0.229 e. The van der Waals surface area contributed by atoms with Crippen LogP contribution in [-0.2, 0) is 20.0 Å². The zero-order valence-corrected chi connectivity index (χ0v) is 14.9. The van der Waals surface area contributed by atoms with Crippen LogP contribution in [0.1, 0.15) is 39.5 Å². The Morgan fingerprint density at radius 3 is 2.05 bits per heavy atom. The van der Waals surface area contributed by atoms with Gasteiger partial charge in [-0.1, -0.05) is 13.8 Å². The number of rotatable bonds is 4. The molecule has 128 valence electrons. The molecule has 2 saturated heterocycles.